The van der Waals surface area contributed by atoms with Gasteiger partial charge in [0.1, 0.15) is 5.75 Å². The minimum Gasteiger partial charge on any atom is -0.496 e. The summed E-state index contributed by atoms with van der Waals surface area (Å²) in [7, 11) is 1.23. The van der Waals surface area contributed by atoms with Crippen molar-refractivity contribution < 1.29 is 22.7 Å². The lowest BCUT2D eigenvalue weighted by molar-refractivity contribution is -0.138. The summed E-state index contributed by atoms with van der Waals surface area (Å²) in [5.41, 5.74) is -1.40. The molecule has 0 atom stereocenters. The molecule has 0 aliphatic heterocycles. The first-order chi connectivity index (χ1) is 7.81. The van der Waals surface area contributed by atoms with Crippen LogP contribution in [-0.4, -0.2) is 18.2 Å². The van der Waals surface area contributed by atoms with Crippen molar-refractivity contribution in [3.8, 4) is 5.75 Å². The first-order valence-corrected chi connectivity index (χ1v) is 6.55. The maximum atomic E-state index is 12.8. The van der Waals surface area contributed by atoms with Crippen LogP contribution >= 0.6 is 38.5 Å². The summed E-state index contributed by atoms with van der Waals surface area (Å²) in [6.45, 7) is 0. The molecule has 0 heterocycles. The minimum atomic E-state index is -4.58. The second kappa shape index (κ2) is 5.55. The number of halogens is 5. The second-order valence-electron chi connectivity index (χ2n) is 3.09. The number of Topliss-reactive ketones (excluding diaryl/α,β-unsaturated/α-hetero) is 1. The summed E-state index contributed by atoms with van der Waals surface area (Å²) >= 11 is 4.60. The molecule has 1 rings (SSSR count). The first kappa shape index (κ1) is 14.7. The molecule has 94 valence electrons. The molecule has 0 bridgehead atoms. The van der Waals surface area contributed by atoms with Gasteiger partial charge in [-0.15, -0.1) is 0 Å². The van der Waals surface area contributed by atoms with E-state index in [-0.39, 0.29) is 11.1 Å². The zero-order valence-corrected chi connectivity index (χ0v) is 12.3. The number of hydrogen-bond acceptors (Lipinski definition) is 2. The molecule has 0 N–H and O–H groups in total. The van der Waals surface area contributed by atoms with Crippen molar-refractivity contribution in [3.63, 3.8) is 0 Å². The average Bonchev–Trinajstić information content (AvgIpc) is 2.25. The van der Waals surface area contributed by atoms with Gasteiger partial charge in [-0.1, -0.05) is 15.9 Å². The van der Waals surface area contributed by atoms with E-state index in [2.05, 4.69) is 15.9 Å². The van der Waals surface area contributed by atoms with Crippen LogP contribution in [0.1, 0.15) is 15.9 Å². The van der Waals surface area contributed by atoms with Gasteiger partial charge in [-0.3, -0.25) is 4.79 Å². The summed E-state index contributed by atoms with van der Waals surface area (Å²) in [6.07, 6.45) is -4.58. The number of rotatable bonds is 3. The highest BCUT2D eigenvalue weighted by atomic mass is 127. The highest BCUT2D eigenvalue weighted by Gasteiger charge is 2.37. The van der Waals surface area contributed by atoms with Gasteiger partial charge in [-0.2, -0.15) is 13.2 Å². The smallest absolute Gasteiger partial charge is 0.417 e. The molecule has 1 aromatic rings. The van der Waals surface area contributed by atoms with Crippen LogP contribution in [0.25, 0.3) is 0 Å². The largest absolute Gasteiger partial charge is 0.496 e. The summed E-state index contributed by atoms with van der Waals surface area (Å²) in [4.78, 5) is 11.5. The summed E-state index contributed by atoms with van der Waals surface area (Å²) < 4.78 is 43.6. The van der Waals surface area contributed by atoms with Crippen LogP contribution in [0.4, 0.5) is 13.2 Å². The number of carbonyl (C=O) groups is 1. The van der Waals surface area contributed by atoms with Crippen molar-refractivity contribution >= 4 is 44.3 Å². The monoisotopic (exact) mass is 422 g/mol. The van der Waals surface area contributed by atoms with E-state index in [9.17, 15) is 18.0 Å². The molecule has 0 amide bonds. The van der Waals surface area contributed by atoms with Gasteiger partial charge in [-0.25, -0.2) is 0 Å². The van der Waals surface area contributed by atoms with Gasteiger partial charge in [0.25, 0.3) is 0 Å². The number of benzene rings is 1. The molecule has 0 saturated carbocycles. The quantitative estimate of drug-likeness (QED) is 0.419. The molecule has 0 aromatic heterocycles. The van der Waals surface area contributed by atoms with E-state index in [1.54, 1.807) is 22.6 Å². The Hall–Kier alpha value is -0.310. The van der Waals surface area contributed by atoms with Crippen molar-refractivity contribution in [2.24, 2.45) is 0 Å². The van der Waals surface area contributed by atoms with Crippen LogP contribution < -0.4 is 4.74 Å². The zero-order chi connectivity index (χ0) is 13.2. The Bertz CT molecular complexity index is 446. The molecule has 0 fully saturated rings. The third kappa shape index (κ3) is 3.34. The molecule has 0 aliphatic carbocycles. The molecule has 0 unspecified atom stereocenters. The highest BCUT2D eigenvalue weighted by molar-refractivity contribution is 14.1. The fraction of sp³-hybridized carbons (Fsp3) is 0.300. The maximum Gasteiger partial charge on any atom is 0.417 e. The topological polar surface area (TPSA) is 26.3 Å². The third-order valence-corrected chi connectivity index (χ3v) is 3.12. The molecule has 2 nitrogen and oxygen atoms in total. The Morgan fingerprint density at radius 1 is 1.47 bits per heavy atom. The van der Waals surface area contributed by atoms with Gasteiger partial charge < -0.3 is 4.74 Å². The average molecular weight is 423 g/mol. The van der Waals surface area contributed by atoms with Gasteiger partial charge in [-0.05, 0) is 34.7 Å². The Kier molecular flexibility index (Phi) is 4.82. The summed E-state index contributed by atoms with van der Waals surface area (Å²) in [6, 6.07) is 2.32. The van der Waals surface area contributed by atoms with Gasteiger partial charge in [0.2, 0.25) is 0 Å². The standard InChI is InChI=1S/C10H7BrF3IO2/c1-17-8-3-5(15)2-6(10(12,13)14)9(8)7(16)4-11/h2-3H,4H2,1H3. The molecule has 7 heteroatoms. The predicted molar refractivity (Wildman–Crippen MR) is 68.8 cm³/mol. The lowest BCUT2D eigenvalue weighted by Gasteiger charge is -2.15. The van der Waals surface area contributed by atoms with Crippen molar-refractivity contribution in [3.05, 3.63) is 26.8 Å². The maximum absolute atomic E-state index is 12.8. The van der Waals surface area contributed by atoms with Crippen LogP contribution in [-0.2, 0) is 6.18 Å². The third-order valence-electron chi connectivity index (χ3n) is 1.99. The zero-order valence-electron chi connectivity index (χ0n) is 8.57. The van der Waals surface area contributed by atoms with Crippen LogP contribution in [0.2, 0.25) is 0 Å². The van der Waals surface area contributed by atoms with E-state index in [4.69, 9.17) is 4.74 Å². The van der Waals surface area contributed by atoms with Crippen molar-refractivity contribution in [2.75, 3.05) is 12.4 Å². The lowest BCUT2D eigenvalue weighted by atomic mass is 10.0. The number of ether oxygens (including phenoxy) is 1. The number of ketones is 1. The Labute approximate surface area is 118 Å². The molecule has 0 spiro atoms. The predicted octanol–water partition coefficient (Wildman–Crippen LogP) is 3.90. The minimum absolute atomic E-state index is 0.0614. The van der Waals surface area contributed by atoms with Crippen molar-refractivity contribution in [1.82, 2.24) is 0 Å². The SMILES string of the molecule is COc1cc(I)cc(C(F)(F)F)c1C(=O)CBr. The number of methoxy groups -OCH3 is 1. The van der Waals surface area contributed by atoms with Crippen molar-refractivity contribution in [1.29, 1.82) is 0 Å². The van der Waals surface area contributed by atoms with Crippen molar-refractivity contribution in [2.45, 2.75) is 6.18 Å². The fourth-order valence-corrected chi connectivity index (χ4v) is 2.20. The lowest BCUT2D eigenvalue weighted by Crippen LogP contribution is -2.15. The molecule has 0 aliphatic rings. The van der Waals surface area contributed by atoms with Gasteiger partial charge in [0, 0.05) is 3.57 Å². The molecule has 17 heavy (non-hydrogen) atoms. The van der Waals surface area contributed by atoms with Gasteiger partial charge in [0.15, 0.2) is 5.78 Å². The van der Waals surface area contributed by atoms with E-state index < -0.39 is 23.1 Å². The Morgan fingerprint density at radius 3 is 2.47 bits per heavy atom. The molecular formula is C10H7BrF3IO2. The summed E-state index contributed by atoms with van der Waals surface area (Å²) in [5, 5.41) is -0.187. The van der Waals surface area contributed by atoms with E-state index in [0.29, 0.717) is 3.57 Å². The Balaban J connectivity index is 3.56. The summed E-state index contributed by atoms with van der Waals surface area (Å²) in [5.74, 6) is -0.723. The van der Waals surface area contributed by atoms with E-state index in [1.807, 2.05) is 0 Å². The van der Waals surface area contributed by atoms with E-state index in [1.165, 1.54) is 13.2 Å². The normalized spacial score (nSPS) is 11.4. The van der Waals surface area contributed by atoms with Crippen LogP contribution in [0.3, 0.4) is 0 Å². The first-order valence-electron chi connectivity index (χ1n) is 4.35. The number of hydrogen-bond donors (Lipinski definition) is 0. The van der Waals surface area contributed by atoms with Crippen LogP contribution in [0, 0.1) is 3.57 Å². The van der Waals surface area contributed by atoms with E-state index in [0.717, 1.165) is 6.07 Å². The molecule has 0 saturated heterocycles. The highest BCUT2D eigenvalue weighted by Crippen LogP contribution is 2.37. The van der Waals surface area contributed by atoms with Gasteiger partial charge >= 0.3 is 6.18 Å². The number of alkyl halides is 4. The fourth-order valence-electron chi connectivity index (χ4n) is 1.32. The van der Waals surface area contributed by atoms with Crippen LogP contribution in [0.5, 0.6) is 5.75 Å². The molecular weight excluding hydrogens is 416 g/mol. The molecule has 0 radical (unpaired) electrons. The Morgan fingerprint density at radius 2 is 2.06 bits per heavy atom. The number of carbonyl (C=O) groups excluding carboxylic acids is 1. The van der Waals surface area contributed by atoms with Gasteiger partial charge in [0.05, 0.1) is 23.6 Å². The van der Waals surface area contributed by atoms with Crippen LogP contribution in [0.15, 0.2) is 12.1 Å². The van der Waals surface area contributed by atoms with E-state index >= 15 is 0 Å². The second-order valence-corrected chi connectivity index (χ2v) is 4.89. The molecule has 1 aromatic carbocycles.